The van der Waals surface area contributed by atoms with Gasteiger partial charge in [0.25, 0.3) is 17.7 Å². The zero-order chi connectivity index (χ0) is 34.3. The number of benzene rings is 3. The first-order valence-electron chi connectivity index (χ1n) is 15.1. The highest BCUT2D eigenvalue weighted by Crippen LogP contribution is 2.44. The first-order chi connectivity index (χ1) is 22.9. The van der Waals surface area contributed by atoms with Gasteiger partial charge in [-0.2, -0.15) is 23.5 Å². The van der Waals surface area contributed by atoms with Crippen LogP contribution in [0.3, 0.4) is 0 Å². The van der Waals surface area contributed by atoms with Gasteiger partial charge in [0.1, 0.15) is 29.5 Å². The molecule has 0 aliphatic carbocycles. The molecule has 3 atom stereocenters. The van der Waals surface area contributed by atoms with E-state index >= 15 is 0 Å². The Labute approximate surface area is 271 Å². The molecular formula is C34H28F4N6O4. The molecule has 2 aliphatic heterocycles. The normalized spacial score (nSPS) is 19.2. The van der Waals surface area contributed by atoms with E-state index in [1.54, 1.807) is 19.1 Å². The third-order valence-corrected chi connectivity index (χ3v) is 8.55. The molecule has 10 nitrogen and oxygen atoms in total. The number of carbonyl (C=O) groups excluding carboxylic acids is 3. The fourth-order valence-corrected chi connectivity index (χ4v) is 6.33. The number of hydrogen-bond donors (Lipinski definition) is 2. The number of alkyl halides is 3. The lowest BCUT2D eigenvalue weighted by atomic mass is 9.80. The number of halogens is 4. The lowest BCUT2D eigenvalue weighted by Crippen LogP contribution is -2.55. The van der Waals surface area contributed by atoms with Crippen LogP contribution >= 0.6 is 0 Å². The molecule has 0 unspecified atom stereocenters. The zero-order valence-corrected chi connectivity index (χ0v) is 25.4. The predicted molar refractivity (Wildman–Crippen MR) is 164 cm³/mol. The Kier molecular flexibility index (Phi) is 8.38. The second-order valence-corrected chi connectivity index (χ2v) is 11.4. The van der Waals surface area contributed by atoms with E-state index < -0.39 is 53.3 Å². The van der Waals surface area contributed by atoms with Crippen LogP contribution in [0.1, 0.15) is 63.2 Å². The van der Waals surface area contributed by atoms with Crippen LogP contribution in [0.25, 0.3) is 5.69 Å². The summed E-state index contributed by atoms with van der Waals surface area (Å²) < 4.78 is 56.0. The van der Waals surface area contributed by atoms with E-state index in [9.17, 15) is 42.3 Å². The van der Waals surface area contributed by atoms with Crippen molar-refractivity contribution in [3.05, 3.63) is 107 Å². The van der Waals surface area contributed by atoms with Crippen LogP contribution < -0.4 is 10.2 Å². The van der Waals surface area contributed by atoms with Crippen molar-refractivity contribution in [3.8, 4) is 17.5 Å². The van der Waals surface area contributed by atoms with Crippen LogP contribution in [0.2, 0.25) is 0 Å². The van der Waals surface area contributed by atoms with Crippen LogP contribution in [-0.4, -0.2) is 62.7 Å². The molecule has 0 spiro atoms. The fraction of sp³-hybridized carbons (Fsp3) is 0.265. The molecule has 3 amide bonds. The molecule has 3 aromatic carbocycles. The van der Waals surface area contributed by atoms with E-state index in [1.165, 1.54) is 44.8 Å². The van der Waals surface area contributed by atoms with Crippen molar-refractivity contribution in [2.24, 2.45) is 0 Å². The number of phenolic OH excluding ortho intramolecular Hbond substituents is 1. The first-order valence-corrected chi connectivity index (χ1v) is 15.1. The van der Waals surface area contributed by atoms with Crippen LogP contribution in [0.4, 0.5) is 23.4 Å². The Morgan fingerprint density at radius 2 is 1.81 bits per heavy atom. The Balaban J connectivity index is 1.58. The Bertz CT molecular complexity index is 1950. The van der Waals surface area contributed by atoms with E-state index in [0.29, 0.717) is 30.2 Å². The Hall–Kier alpha value is -5.71. The molecule has 2 aliphatic rings. The molecule has 14 heteroatoms. The maximum Gasteiger partial charge on any atom is 0.416 e. The number of anilines is 1. The number of carbonyl (C=O) groups is 3. The van der Waals surface area contributed by atoms with Crippen molar-refractivity contribution in [1.29, 1.82) is 5.26 Å². The smallest absolute Gasteiger partial charge is 0.416 e. The van der Waals surface area contributed by atoms with Gasteiger partial charge in [-0.25, -0.2) is 9.07 Å². The number of phenols is 1. The highest BCUT2D eigenvalue weighted by molar-refractivity contribution is 6.07. The summed E-state index contributed by atoms with van der Waals surface area (Å²) in [6.45, 7) is 1.93. The number of amides is 3. The minimum Gasteiger partial charge on any atom is -0.508 e. The molecule has 48 heavy (non-hydrogen) atoms. The molecular weight excluding hydrogens is 632 g/mol. The average Bonchev–Trinajstić information content (AvgIpc) is 3.71. The van der Waals surface area contributed by atoms with Crippen molar-refractivity contribution in [1.82, 2.24) is 20.0 Å². The highest BCUT2D eigenvalue weighted by atomic mass is 19.4. The second-order valence-electron chi connectivity index (χ2n) is 11.4. The van der Waals surface area contributed by atoms with Gasteiger partial charge in [-0.05, 0) is 67.8 Å². The molecule has 0 radical (unpaired) electrons. The third-order valence-electron chi connectivity index (χ3n) is 8.55. The molecule has 4 aromatic rings. The minimum absolute atomic E-state index is 0.0145. The molecule has 0 bridgehead atoms. The van der Waals surface area contributed by atoms with E-state index in [1.807, 2.05) is 0 Å². The number of nitrogens with one attached hydrogen (secondary N) is 1. The van der Waals surface area contributed by atoms with E-state index in [0.717, 1.165) is 24.3 Å². The number of hydrogen-bond acceptors (Lipinski definition) is 6. The summed E-state index contributed by atoms with van der Waals surface area (Å²) in [6.07, 6.45) is -3.72. The number of likely N-dealkylation sites (N-methyl/N-ethyl adjacent to an activating group) is 1. The van der Waals surface area contributed by atoms with Gasteiger partial charge in [0, 0.05) is 36.2 Å². The number of nitrogens with zero attached hydrogens (tertiary/aromatic N) is 5. The van der Waals surface area contributed by atoms with Gasteiger partial charge in [-0.1, -0.05) is 24.3 Å². The molecule has 1 aromatic heterocycles. The van der Waals surface area contributed by atoms with Crippen LogP contribution in [0.5, 0.6) is 5.75 Å². The maximum atomic E-state index is 14.4. The van der Waals surface area contributed by atoms with Gasteiger partial charge in [0.15, 0.2) is 5.69 Å². The van der Waals surface area contributed by atoms with Crippen LogP contribution in [-0.2, 0) is 11.0 Å². The standard InChI is InChI=1S/C34H28F4N6O4/c1-2-42-31-27(29(33(48)43-15-5-9-24(43)18-39)41-44(31)23-8-4-10-25(45)17-23)26(19-11-13-22(35)14-12-19)28(32(42)47)40-30(46)20-6-3-7-21(16-20)34(36,37)38/h3-4,6-8,10-14,16-17,24,26,28,45H,2,5,9,15H2,1H3,(H,40,46)/t24-,26+,28-/m0/s1. The lowest BCUT2D eigenvalue weighted by molar-refractivity contribution is -0.137. The monoisotopic (exact) mass is 660 g/mol. The maximum absolute atomic E-state index is 14.4. The number of fused-ring (bicyclic) bond motifs is 1. The zero-order valence-electron chi connectivity index (χ0n) is 25.4. The van der Waals surface area contributed by atoms with Crippen molar-refractivity contribution < 1.29 is 37.1 Å². The van der Waals surface area contributed by atoms with Crippen molar-refractivity contribution in [3.63, 3.8) is 0 Å². The second kappa shape index (κ2) is 12.5. The van der Waals surface area contributed by atoms with Gasteiger partial charge < -0.3 is 15.3 Å². The Morgan fingerprint density at radius 3 is 2.48 bits per heavy atom. The number of rotatable bonds is 6. The number of nitriles is 1. The number of aromatic nitrogens is 2. The van der Waals surface area contributed by atoms with Gasteiger partial charge in [-0.15, -0.1) is 0 Å². The minimum atomic E-state index is -4.73. The Morgan fingerprint density at radius 1 is 1.08 bits per heavy atom. The molecule has 1 fully saturated rings. The van der Waals surface area contributed by atoms with Gasteiger partial charge in [0.05, 0.1) is 17.3 Å². The quantitative estimate of drug-likeness (QED) is 0.275. The van der Waals surface area contributed by atoms with Crippen LogP contribution in [0, 0.1) is 17.1 Å². The summed E-state index contributed by atoms with van der Waals surface area (Å²) in [5.74, 6) is -4.03. The van der Waals surface area contributed by atoms with E-state index in [4.69, 9.17) is 0 Å². The van der Waals surface area contributed by atoms with Crippen molar-refractivity contribution in [2.45, 2.75) is 43.9 Å². The highest BCUT2D eigenvalue weighted by Gasteiger charge is 2.48. The van der Waals surface area contributed by atoms with E-state index in [2.05, 4.69) is 16.5 Å². The molecule has 3 heterocycles. The number of aromatic hydroxyl groups is 1. The molecule has 1 saturated heterocycles. The number of likely N-dealkylation sites (tertiary alicyclic amines) is 1. The van der Waals surface area contributed by atoms with Crippen LogP contribution in [0.15, 0.2) is 72.8 Å². The third kappa shape index (κ3) is 5.72. The lowest BCUT2D eigenvalue weighted by Gasteiger charge is -2.38. The molecule has 246 valence electrons. The largest absolute Gasteiger partial charge is 0.508 e. The fourth-order valence-electron chi connectivity index (χ4n) is 6.33. The van der Waals surface area contributed by atoms with Crippen molar-refractivity contribution >= 4 is 23.5 Å². The van der Waals surface area contributed by atoms with E-state index in [-0.39, 0.29) is 41.5 Å². The summed E-state index contributed by atoms with van der Waals surface area (Å²) in [7, 11) is 0. The average molecular weight is 661 g/mol. The van der Waals surface area contributed by atoms with Crippen molar-refractivity contribution in [2.75, 3.05) is 18.0 Å². The molecule has 6 rings (SSSR count). The SMILES string of the molecule is CCN1C(=O)[C@@H](NC(=O)c2cccc(C(F)(F)F)c2)[C@H](c2ccc(F)cc2)c2c(C(=O)N3CCC[C@H]3C#N)nn(-c3cccc(O)c3)c21. The molecule has 0 saturated carbocycles. The summed E-state index contributed by atoms with van der Waals surface area (Å²) in [5.41, 5.74) is -0.790. The predicted octanol–water partition coefficient (Wildman–Crippen LogP) is 5.16. The summed E-state index contributed by atoms with van der Waals surface area (Å²) in [4.78, 5) is 44.9. The molecule has 2 N–H and O–H groups in total. The summed E-state index contributed by atoms with van der Waals surface area (Å²) >= 11 is 0. The topological polar surface area (TPSA) is 132 Å². The summed E-state index contributed by atoms with van der Waals surface area (Å²) in [6, 6.07) is 14.6. The first kappa shape index (κ1) is 32.2. The van der Waals surface area contributed by atoms with Gasteiger partial charge in [-0.3, -0.25) is 19.3 Å². The van der Waals surface area contributed by atoms with Gasteiger partial charge >= 0.3 is 6.18 Å². The summed E-state index contributed by atoms with van der Waals surface area (Å²) in [5, 5.41) is 27.3. The van der Waals surface area contributed by atoms with Gasteiger partial charge in [0.2, 0.25) is 0 Å².